The molecule has 0 heterocycles. The van der Waals surface area contributed by atoms with Gasteiger partial charge in [0.05, 0.1) is 26.4 Å². The van der Waals surface area contributed by atoms with Crippen molar-refractivity contribution in [1.29, 1.82) is 0 Å². The van der Waals surface area contributed by atoms with Gasteiger partial charge in [0.2, 0.25) is 0 Å². The van der Waals surface area contributed by atoms with Crippen molar-refractivity contribution in [2.24, 2.45) is 5.92 Å². The highest BCUT2D eigenvalue weighted by atomic mass is 31.2. The molecular formula is C80H152O17P2. The van der Waals surface area contributed by atoms with Crippen LogP contribution in [0.15, 0.2) is 24.3 Å². The molecule has 0 rings (SSSR count). The lowest BCUT2D eigenvalue weighted by Gasteiger charge is -2.21. The van der Waals surface area contributed by atoms with Crippen molar-refractivity contribution in [3.63, 3.8) is 0 Å². The number of aliphatic hydroxyl groups is 1. The first-order valence-electron chi connectivity index (χ1n) is 41.0. The number of aliphatic hydroxyl groups excluding tert-OH is 1. The van der Waals surface area contributed by atoms with E-state index in [0.717, 1.165) is 115 Å². The zero-order valence-electron chi connectivity index (χ0n) is 64.1. The Morgan fingerprint density at radius 3 is 0.828 bits per heavy atom. The van der Waals surface area contributed by atoms with E-state index in [1.54, 1.807) is 0 Å². The minimum absolute atomic E-state index is 0.102. The Hall–Kier alpha value is -2.46. The van der Waals surface area contributed by atoms with Crippen molar-refractivity contribution < 1.29 is 80.2 Å². The predicted octanol–water partition coefficient (Wildman–Crippen LogP) is 23.6. The molecule has 0 aromatic carbocycles. The van der Waals surface area contributed by atoms with Crippen molar-refractivity contribution >= 4 is 39.5 Å². The van der Waals surface area contributed by atoms with Crippen LogP contribution in [0.25, 0.3) is 0 Å². The topological polar surface area (TPSA) is 237 Å². The van der Waals surface area contributed by atoms with Gasteiger partial charge in [0.15, 0.2) is 12.2 Å². The predicted molar refractivity (Wildman–Crippen MR) is 404 cm³/mol. The van der Waals surface area contributed by atoms with E-state index in [0.29, 0.717) is 25.7 Å². The average molecular weight is 1450 g/mol. The normalized spacial score (nSPS) is 14.0. The Bertz CT molecular complexity index is 1990. The van der Waals surface area contributed by atoms with Crippen LogP contribution in [-0.2, 0) is 65.4 Å². The van der Waals surface area contributed by atoms with Gasteiger partial charge >= 0.3 is 39.5 Å². The van der Waals surface area contributed by atoms with Crippen LogP contribution >= 0.6 is 15.6 Å². The van der Waals surface area contributed by atoms with E-state index < -0.39 is 97.5 Å². The molecule has 0 fully saturated rings. The smallest absolute Gasteiger partial charge is 0.462 e. The number of phosphoric acid groups is 2. The highest BCUT2D eigenvalue weighted by molar-refractivity contribution is 7.47. The van der Waals surface area contributed by atoms with E-state index in [4.69, 9.17) is 37.0 Å². The van der Waals surface area contributed by atoms with Gasteiger partial charge in [-0.3, -0.25) is 37.3 Å². The van der Waals surface area contributed by atoms with E-state index in [1.165, 1.54) is 205 Å². The highest BCUT2D eigenvalue weighted by Gasteiger charge is 2.30. The lowest BCUT2D eigenvalue weighted by Crippen LogP contribution is -2.30. The molecule has 584 valence electrons. The number of phosphoric ester groups is 2. The molecule has 0 aliphatic carbocycles. The zero-order valence-corrected chi connectivity index (χ0v) is 65.9. The minimum Gasteiger partial charge on any atom is -0.462 e. The monoisotopic (exact) mass is 1450 g/mol. The highest BCUT2D eigenvalue weighted by Crippen LogP contribution is 2.45. The third-order valence-electron chi connectivity index (χ3n) is 18.2. The number of carbonyl (C=O) groups is 4. The SMILES string of the molecule is CCCCCC/C=C\C=C/CCCCCCCC(=O)OC[C@H](COP(=O)(O)OC[C@@H](O)COP(=O)(O)OC[C@@H](COC(=O)CCCCCCCCCCCC)OC(=O)CCCCCCCCCCCCCCC(C)C)OC(=O)CCCCCCCCCCCCCCCCCCCCC. The fourth-order valence-corrected chi connectivity index (χ4v) is 13.4. The summed E-state index contributed by atoms with van der Waals surface area (Å²) < 4.78 is 68.6. The van der Waals surface area contributed by atoms with Gasteiger partial charge in [0.25, 0.3) is 0 Å². The molecule has 17 nitrogen and oxygen atoms in total. The number of hydrogen-bond acceptors (Lipinski definition) is 15. The maximum absolute atomic E-state index is 13.1. The second kappa shape index (κ2) is 72.5. The largest absolute Gasteiger partial charge is 0.472 e. The Morgan fingerprint density at radius 1 is 0.313 bits per heavy atom. The first kappa shape index (κ1) is 96.5. The molecule has 0 bridgehead atoms. The summed E-state index contributed by atoms with van der Waals surface area (Å²) in [4.78, 5) is 72.9. The van der Waals surface area contributed by atoms with Crippen LogP contribution in [0.3, 0.4) is 0 Å². The molecule has 0 aliphatic heterocycles. The molecule has 0 aliphatic rings. The molecule has 0 aromatic heterocycles. The number of carbonyl (C=O) groups excluding carboxylic acids is 4. The van der Waals surface area contributed by atoms with Crippen LogP contribution in [0.4, 0.5) is 0 Å². The Balaban J connectivity index is 5.27. The Kier molecular flexibility index (Phi) is 70.7. The Labute approximate surface area is 605 Å². The van der Waals surface area contributed by atoms with Crippen molar-refractivity contribution in [3.8, 4) is 0 Å². The quantitative estimate of drug-likeness (QED) is 0.0169. The third-order valence-corrected chi connectivity index (χ3v) is 20.1. The van der Waals surface area contributed by atoms with Crippen LogP contribution in [0.1, 0.15) is 401 Å². The summed E-state index contributed by atoms with van der Waals surface area (Å²) in [7, 11) is -9.93. The maximum atomic E-state index is 13.1. The lowest BCUT2D eigenvalue weighted by atomic mass is 10.0. The van der Waals surface area contributed by atoms with E-state index >= 15 is 0 Å². The average Bonchev–Trinajstić information content (AvgIpc) is 0.988. The van der Waals surface area contributed by atoms with Crippen LogP contribution < -0.4 is 0 Å². The van der Waals surface area contributed by atoms with Gasteiger partial charge in [-0.15, -0.1) is 0 Å². The molecule has 0 saturated carbocycles. The van der Waals surface area contributed by atoms with Crippen molar-refractivity contribution in [1.82, 2.24) is 0 Å². The summed E-state index contributed by atoms with van der Waals surface area (Å²) in [5.41, 5.74) is 0. The summed E-state index contributed by atoms with van der Waals surface area (Å²) in [6, 6.07) is 0. The summed E-state index contributed by atoms with van der Waals surface area (Å²) in [5, 5.41) is 10.6. The summed E-state index contributed by atoms with van der Waals surface area (Å²) in [6.45, 7) is 7.26. The second-order valence-electron chi connectivity index (χ2n) is 28.6. The van der Waals surface area contributed by atoms with E-state index in [9.17, 15) is 43.2 Å². The number of rotatable bonds is 78. The van der Waals surface area contributed by atoms with E-state index in [2.05, 4.69) is 58.9 Å². The zero-order chi connectivity index (χ0) is 72.7. The second-order valence-corrected chi connectivity index (χ2v) is 31.5. The number of hydrogen-bond donors (Lipinski definition) is 3. The van der Waals surface area contributed by atoms with Gasteiger partial charge < -0.3 is 33.8 Å². The summed E-state index contributed by atoms with van der Waals surface area (Å²) in [5.74, 6) is -1.36. The fraction of sp³-hybridized carbons (Fsp3) is 0.900. The molecule has 19 heteroatoms. The van der Waals surface area contributed by atoms with Crippen LogP contribution in [-0.4, -0.2) is 96.7 Å². The van der Waals surface area contributed by atoms with Gasteiger partial charge in [0.1, 0.15) is 19.3 Å². The van der Waals surface area contributed by atoms with Crippen LogP contribution in [0.5, 0.6) is 0 Å². The van der Waals surface area contributed by atoms with Gasteiger partial charge in [-0.25, -0.2) is 9.13 Å². The first-order valence-corrected chi connectivity index (χ1v) is 43.9. The van der Waals surface area contributed by atoms with Crippen molar-refractivity contribution in [2.75, 3.05) is 39.6 Å². The molecule has 0 saturated heterocycles. The standard InChI is InChI=1S/C80H152O17P2/c1-6-9-12-15-18-21-24-26-28-29-30-31-33-35-40-45-50-55-60-65-79(84)97-76(70-91-78(83)64-59-54-49-44-39-34-32-27-25-22-19-16-13-10-7-2)72-95-99(88,89)93-68-74(81)67-92-98(86,87)94-71-75(69-90-77(82)63-58-53-48-43-23-20-17-14-11-8-3)96-80(85)66-61-56-51-46-41-37-36-38-42-47-52-57-62-73(4)5/h22,25,27,32,73-76,81H,6-21,23-24,26,28-31,33-72H2,1-5H3,(H,86,87)(H,88,89)/b25-22-,32-27-/t74-,75+,76+/m0/s1. The summed E-state index contributed by atoms with van der Waals surface area (Å²) >= 11 is 0. The number of esters is 4. The molecule has 0 aromatic rings. The molecule has 99 heavy (non-hydrogen) atoms. The molecule has 3 N–H and O–H groups in total. The van der Waals surface area contributed by atoms with Crippen LogP contribution in [0.2, 0.25) is 0 Å². The van der Waals surface area contributed by atoms with Gasteiger partial charge in [-0.1, -0.05) is 348 Å². The Morgan fingerprint density at radius 2 is 0.545 bits per heavy atom. The van der Waals surface area contributed by atoms with Gasteiger partial charge in [0, 0.05) is 25.7 Å². The number of unbranched alkanes of at least 4 members (excludes halogenated alkanes) is 47. The summed E-state index contributed by atoms with van der Waals surface area (Å²) in [6.07, 6.45) is 66.0. The van der Waals surface area contributed by atoms with E-state index in [-0.39, 0.29) is 25.7 Å². The van der Waals surface area contributed by atoms with Crippen LogP contribution in [0, 0.1) is 5.92 Å². The molecule has 5 atom stereocenters. The molecule has 0 radical (unpaired) electrons. The minimum atomic E-state index is -4.97. The van der Waals surface area contributed by atoms with E-state index in [1.807, 2.05) is 0 Å². The number of allylic oxidation sites excluding steroid dienone is 4. The van der Waals surface area contributed by atoms with Crippen molar-refractivity contribution in [2.45, 2.75) is 419 Å². The molecule has 2 unspecified atom stereocenters. The fourth-order valence-electron chi connectivity index (χ4n) is 11.9. The number of ether oxygens (including phenoxy) is 4. The van der Waals surface area contributed by atoms with Gasteiger partial charge in [-0.2, -0.15) is 0 Å². The maximum Gasteiger partial charge on any atom is 0.472 e. The molecule has 0 spiro atoms. The molecular weight excluding hydrogens is 1290 g/mol. The third kappa shape index (κ3) is 73.6. The van der Waals surface area contributed by atoms with Crippen molar-refractivity contribution in [3.05, 3.63) is 24.3 Å². The molecule has 0 amide bonds. The first-order chi connectivity index (χ1) is 48.0. The lowest BCUT2D eigenvalue weighted by molar-refractivity contribution is -0.161. The van der Waals surface area contributed by atoms with Gasteiger partial charge in [-0.05, 0) is 57.3 Å².